The first-order valence-electron chi connectivity index (χ1n) is 7.42. The molecule has 2 heterocycles. The lowest BCUT2D eigenvalue weighted by Gasteiger charge is -2.32. The van der Waals surface area contributed by atoms with Crippen LogP contribution in [0.3, 0.4) is 0 Å². The minimum absolute atomic E-state index is 0.828. The normalized spacial score (nSPS) is 26.6. The highest BCUT2D eigenvalue weighted by Crippen LogP contribution is 2.21. The molecule has 18 heavy (non-hydrogen) atoms. The van der Waals surface area contributed by atoms with Gasteiger partial charge in [-0.2, -0.15) is 0 Å². The first kappa shape index (κ1) is 12.2. The summed E-state index contributed by atoms with van der Waals surface area (Å²) in [6.45, 7) is 6.35. The van der Waals surface area contributed by atoms with Gasteiger partial charge in [-0.05, 0) is 37.9 Å². The van der Waals surface area contributed by atoms with E-state index in [1.54, 1.807) is 0 Å². The Morgan fingerprint density at radius 2 is 1.72 bits per heavy atom. The van der Waals surface area contributed by atoms with Crippen molar-refractivity contribution >= 4 is 0 Å². The molecule has 1 aromatic carbocycles. The van der Waals surface area contributed by atoms with Gasteiger partial charge in [0.15, 0.2) is 0 Å². The van der Waals surface area contributed by atoms with Crippen LogP contribution < -0.4 is 0 Å². The van der Waals surface area contributed by atoms with Crippen LogP contribution in [0.1, 0.15) is 31.2 Å². The van der Waals surface area contributed by atoms with Crippen molar-refractivity contribution in [2.45, 2.75) is 38.3 Å². The van der Waals surface area contributed by atoms with E-state index in [0.29, 0.717) is 0 Å². The second kappa shape index (κ2) is 5.85. The monoisotopic (exact) mass is 244 g/mol. The zero-order chi connectivity index (χ0) is 12.2. The number of benzene rings is 1. The third-order valence-electron chi connectivity index (χ3n) is 4.40. The lowest BCUT2D eigenvalue weighted by atomic mass is 10.1. The largest absolute Gasteiger partial charge is 0.299 e. The smallest absolute Gasteiger partial charge is 0.0235 e. The van der Waals surface area contributed by atoms with Crippen LogP contribution in [0.4, 0.5) is 0 Å². The Morgan fingerprint density at radius 1 is 0.944 bits per heavy atom. The number of nitrogens with zero attached hydrogens (tertiary/aromatic N) is 2. The molecular formula is C16H24N2. The summed E-state index contributed by atoms with van der Waals surface area (Å²) in [5.74, 6) is 0. The van der Waals surface area contributed by atoms with E-state index in [9.17, 15) is 0 Å². The van der Waals surface area contributed by atoms with E-state index in [1.165, 1.54) is 57.4 Å². The highest BCUT2D eigenvalue weighted by Gasteiger charge is 2.28. The van der Waals surface area contributed by atoms with Crippen LogP contribution in [0, 0.1) is 0 Å². The van der Waals surface area contributed by atoms with Crippen molar-refractivity contribution in [1.29, 1.82) is 0 Å². The summed E-state index contributed by atoms with van der Waals surface area (Å²) in [6.07, 6.45) is 5.63. The van der Waals surface area contributed by atoms with Gasteiger partial charge in [0.2, 0.25) is 0 Å². The topological polar surface area (TPSA) is 6.48 Å². The fourth-order valence-corrected chi connectivity index (χ4v) is 3.38. The summed E-state index contributed by atoms with van der Waals surface area (Å²) in [7, 11) is 0. The average molecular weight is 244 g/mol. The molecule has 0 amide bonds. The molecule has 2 aliphatic heterocycles. The third-order valence-corrected chi connectivity index (χ3v) is 4.40. The maximum Gasteiger partial charge on any atom is 0.0235 e. The quantitative estimate of drug-likeness (QED) is 0.806. The molecule has 0 radical (unpaired) electrons. The van der Waals surface area contributed by atoms with E-state index in [2.05, 4.69) is 40.1 Å². The van der Waals surface area contributed by atoms with Crippen LogP contribution >= 0.6 is 0 Å². The Kier molecular flexibility index (Phi) is 3.96. The Hall–Kier alpha value is -0.860. The molecule has 0 unspecified atom stereocenters. The maximum absolute atomic E-state index is 2.73. The zero-order valence-corrected chi connectivity index (χ0v) is 11.2. The van der Waals surface area contributed by atoms with Crippen molar-refractivity contribution < 1.29 is 0 Å². The molecule has 0 saturated carbocycles. The van der Waals surface area contributed by atoms with Crippen LogP contribution in [0.2, 0.25) is 0 Å². The van der Waals surface area contributed by atoms with Gasteiger partial charge in [0, 0.05) is 25.7 Å². The molecule has 2 heteroatoms. The molecule has 1 atom stereocenters. The summed E-state index contributed by atoms with van der Waals surface area (Å²) >= 11 is 0. The predicted octanol–water partition coefficient (Wildman–Crippen LogP) is 2.75. The number of likely N-dealkylation sites (tertiary alicyclic amines) is 2. The van der Waals surface area contributed by atoms with E-state index in [4.69, 9.17) is 0 Å². The number of piperidine rings is 1. The minimum atomic E-state index is 0.828. The van der Waals surface area contributed by atoms with E-state index in [-0.39, 0.29) is 0 Å². The molecule has 0 N–H and O–H groups in total. The lowest BCUT2D eigenvalue weighted by Crippen LogP contribution is -2.40. The highest BCUT2D eigenvalue weighted by atomic mass is 15.3. The predicted molar refractivity (Wildman–Crippen MR) is 75.5 cm³/mol. The summed E-state index contributed by atoms with van der Waals surface area (Å²) in [5.41, 5.74) is 1.46. The molecular weight excluding hydrogens is 220 g/mol. The minimum Gasteiger partial charge on any atom is -0.299 e. The van der Waals surface area contributed by atoms with Gasteiger partial charge in [-0.1, -0.05) is 36.8 Å². The summed E-state index contributed by atoms with van der Waals surface area (Å²) in [6, 6.07) is 11.7. The number of hydrogen-bond donors (Lipinski definition) is 0. The van der Waals surface area contributed by atoms with Gasteiger partial charge in [-0.15, -0.1) is 0 Å². The molecule has 3 rings (SSSR count). The molecule has 2 aliphatic rings. The molecule has 2 fully saturated rings. The summed E-state index contributed by atoms with van der Waals surface area (Å²) in [4.78, 5) is 5.35. The molecule has 98 valence electrons. The van der Waals surface area contributed by atoms with E-state index >= 15 is 0 Å². The second-order valence-corrected chi connectivity index (χ2v) is 5.76. The number of rotatable bonds is 3. The molecule has 2 saturated heterocycles. The van der Waals surface area contributed by atoms with Gasteiger partial charge in [0.25, 0.3) is 0 Å². The van der Waals surface area contributed by atoms with E-state index in [1.807, 2.05) is 0 Å². The molecule has 0 aliphatic carbocycles. The fourth-order valence-electron chi connectivity index (χ4n) is 3.38. The molecule has 0 spiro atoms. The van der Waals surface area contributed by atoms with Crippen molar-refractivity contribution in [2.75, 3.05) is 26.2 Å². The van der Waals surface area contributed by atoms with Gasteiger partial charge in [0.1, 0.15) is 0 Å². The molecule has 0 aromatic heterocycles. The van der Waals surface area contributed by atoms with Crippen molar-refractivity contribution in [2.24, 2.45) is 0 Å². The second-order valence-electron chi connectivity index (χ2n) is 5.76. The van der Waals surface area contributed by atoms with Gasteiger partial charge in [-0.3, -0.25) is 9.80 Å². The number of hydrogen-bond acceptors (Lipinski definition) is 2. The van der Waals surface area contributed by atoms with Gasteiger partial charge in [-0.25, -0.2) is 0 Å². The zero-order valence-electron chi connectivity index (χ0n) is 11.2. The van der Waals surface area contributed by atoms with Crippen LogP contribution in [-0.2, 0) is 6.54 Å². The summed E-state index contributed by atoms with van der Waals surface area (Å²) in [5, 5.41) is 0. The lowest BCUT2D eigenvalue weighted by molar-refractivity contribution is 0.161. The molecule has 1 aromatic rings. The van der Waals surface area contributed by atoms with Gasteiger partial charge >= 0.3 is 0 Å². The maximum atomic E-state index is 2.73. The van der Waals surface area contributed by atoms with Crippen molar-refractivity contribution in [1.82, 2.24) is 9.80 Å². The van der Waals surface area contributed by atoms with Crippen molar-refractivity contribution in [3.05, 3.63) is 35.9 Å². The van der Waals surface area contributed by atoms with Crippen molar-refractivity contribution in [3.8, 4) is 0 Å². The van der Waals surface area contributed by atoms with Gasteiger partial charge < -0.3 is 0 Å². The Bertz CT molecular complexity index is 357. The van der Waals surface area contributed by atoms with Crippen LogP contribution in [-0.4, -0.2) is 42.0 Å². The van der Waals surface area contributed by atoms with Gasteiger partial charge in [0.05, 0.1) is 0 Å². The van der Waals surface area contributed by atoms with E-state index in [0.717, 1.165) is 12.6 Å². The highest BCUT2D eigenvalue weighted by molar-refractivity contribution is 5.14. The third kappa shape index (κ3) is 2.93. The summed E-state index contributed by atoms with van der Waals surface area (Å²) < 4.78 is 0. The van der Waals surface area contributed by atoms with E-state index < -0.39 is 0 Å². The average Bonchev–Trinajstić information content (AvgIpc) is 2.89. The molecule has 2 nitrogen and oxygen atoms in total. The van der Waals surface area contributed by atoms with Crippen LogP contribution in [0.15, 0.2) is 30.3 Å². The standard InChI is InChI=1S/C16H24N2/c1-3-7-15(8-4-1)13-17-12-9-16(14-17)18-10-5-2-6-11-18/h1,3-4,7-8,16H,2,5-6,9-14H2/t16-/m1/s1. The van der Waals surface area contributed by atoms with Crippen LogP contribution in [0.5, 0.6) is 0 Å². The first-order valence-corrected chi connectivity index (χ1v) is 7.42. The molecule has 0 bridgehead atoms. The first-order chi connectivity index (χ1) is 8.92. The fraction of sp³-hybridized carbons (Fsp3) is 0.625. The van der Waals surface area contributed by atoms with Crippen molar-refractivity contribution in [3.63, 3.8) is 0 Å². The Labute approximate surface area is 111 Å². The Balaban J connectivity index is 1.52. The Morgan fingerprint density at radius 3 is 2.50 bits per heavy atom. The SMILES string of the molecule is c1ccc(CN2CC[C@@H](N3CCCCC3)C2)cc1. The van der Waals surface area contributed by atoms with Crippen LogP contribution in [0.25, 0.3) is 0 Å².